The molecule has 0 saturated heterocycles. The topological polar surface area (TPSA) is 0 Å². The fraction of sp³-hybridized carbons (Fsp3) is 0. The van der Waals surface area contributed by atoms with Gasteiger partial charge in [0.25, 0.3) is 0 Å². The van der Waals surface area contributed by atoms with Gasteiger partial charge in [-0.2, -0.15) is 0 Å². The van der Waals surface area contributed by atoms with E-state index in [0.29, 0.717) is 0 Å². The highest BCUT2D eigenvalue weighted by atomic mass is 79.9. The van der Waals surface area contributed by atoms with Gasteiger partial charge in [0.05, 0.1) is 0 Å². The van der Waals surface area contributed by atoms with Crippen LogP contribution in [0.2, 0.25) is 0 Å². The second-order valence-corrected chi connectivity index (χ2v) is 5.67. The molecule has 0 unspecified atom stereocenters. The molecule has 0 N–H and O–H groups in total. The third kappa shape index (κ3) is 1.76. The van der Waals surface area contributed by atoms with Gasteiger partial charge in [0.1, 0.15) is 0 Å². The molecule has 2 heteroatoms. The van der Waals surface area contributed by atoms with Gasteiger partial charge in [-0.05, 0) is 57.9 Å². The SMILES string of the molecule is Brc1ccc2cc3ccc(Br)cc3cc2c1. The fourth-order valence-electron chi connectivity index (χ4n) is 1.94. The molecule has 0 nitrogen and oxygen atoms in total. The zero-order valence-corrected chi connectivity index (χ0v) is 11.5. The molecular weight excluding hydrogens is 328 g/mol. The van der Waals surface area contributed by atoms with E-state index in [1.807, 2.05) is 0 Å². The zero-order valence-electron chi connectivity index (χ0n) is 8.37. The highest BCUT2D eigenvalue weighted by Crippen LogP contribution is 2.27. The zero-order chi connectivity index (χ0) is 11.1. The molecule has 0 saturated carbocycles. The van der Waals surface area contributed by atoms with Gasteiger partial charge < -0.3 is 0 Å². The van der Waals surface area contributed by atoms with Crippen molar-refractivity contribution in [2.45, 2.75) is 0 Å². The van der Waals surface area contributed by atoms with Crippen LogP contribution in [0.25, 0.3) is 21.5 Å². The maximum atomic E-state index is 3.50. The maximum Gasteiger partial charge on any atom is 0.0181 e. The number of halogens is 2. The molecule has 16 heavy (non-hydrogen) atoms. The number of hydrogen-bond donors (Lipinski definition) is 0. The summed E-state index contributed by atoms with van der Waals surface area (Å²) in [6.07, 6.45) is 0. The van der Waals surface area contributed by atoms with Crippen LogP contribution in [-0.4, -0.2) is 0 Å². The van der Waals surface area contributed by atoms with E-state index in [1.54, 1.807) is 0 Å². The lowest BCUT2D eigenvalue weighted by atomic mass is 10.0. The molecule has 0 atom stereocenters. The van der Waals surface area contributed by atoms with Crippen molar-refractivity contribution < 1.29 is 0 Å². The van der Waals surface area contributed by atoms with Gasteiger partial charge in [-0.1, -0.05) is 44.0 Å². The molecule has 0 heterocycles. The van der Waals surface area contributed by atoms with Crippen LogP contribution in [0.4, 0.5) is 0 Å². The molecule has 3 rings (SSSR count). The number of hydrogen-bond acceptors (Lipinski definition) is 0. The Morgan fingerprint density at radius 2 is 0.938 bits per heavy atom. The Labute approximate surface area is 111 Å². The van der Waals surface area contributed by atoms with Crippen molar-refractivity contribution in [3.05, 3.63) is 57.5 Å². The molecule has 0 aromatic heterocycles. The van der Waals surface area contributed by atoms with Gasteiger partial charge in [-0.15, -0.1) is 0 Å². The van der Waals surface area contributed by atoms with E-state index >= 15 is 0 Å². The van der Waals surface area contributed by atoms with Gasteiger partial charge in [0.15, 0.2) is 0 Å². The van der Waals surface area contributed by atoms with E-state index in [1.165, 1.54) is 21.5 Å². The monoisotopic (exact) mass is 334 g/mol. The summed E-state index contributed by atoms with van der Waals surface area (Å²) in [4.78, 5) is 0. The van der Waals surface area contributed by atoms with Crippen LogP contribution in [0.5, 0.6) is 0 Å². The second-order valence-electron chi connectivity index (χ2n) is 3.84. The standard InChI is InChI=1S/C14H8Br2/c15-13-3-1-9-5-10-2-4-14(16)8-12(10)6-11(9)7-13/h1-8H. The first kappa shape index (κ1) is 10.3. The molecule has 0 aliphatic heterocycles. The van der Waals surface area contributed by atoms with E-state index < -0.39 is 0 Å². The summed E-state index contributed by atoms with van der Waals surface area (Å²) in [6.45, 7) is 0. The Bertz CT molecular complexity index is 630. The smallest absolute Gasteiger partial charge is 0.0181 e. The van der Waals surface area contributed by atoms with E-state index in [0.717, 1.165) is 8.95 Å². The van der Waals surface area contributed by atoms with Crippen LogP contribution in [0.3, 0.4) is 0 Å². The van der Waals surface area contributed by atoms with Gasteiger partial charge >= 0.3 is 0 Å². The number of fused-ring (bicyclic) bond motifs is 2. The Kier molecular flexibility index (Phi) is 2.49. The van der Waals surface area contributed by atoms with Gasteiger partial charge in [0, 0.05) is 8.95 Å². The first-order valence-electron chi connectivity index (χ1n) is 5.01. The molecule has 3 aromatic rings. The predicted octanol–water partition coefficient (Wildman–Crippen LogP) is 5.52. The van der Waals surface area contributed by atoms with Crippen molar-refractivity contribution in [2.24, 2.45) is 0 Å². The minimum atomic E-state index is 1.12. The lowest BCUT2D eigenvalue weighted by Crippen LogP contribution is -1.77. The summed E-state index contributed by atoms with van der Waals surface area (Å²) >= 11 is 7.00. The molecule has 3 aromatic carbocycles. The van der Waals surface area contributed by atoms with E-state index in [2.05, 4.69) is 80.4 Å². The lowest BCUT2D eigenvalue weighted by molar-refractivity contribution is 1.70. The van der Waals surface area contributed by atoms with Crippen LogP contribution < -0.4 is 0 Å². The fourth-order valence-corrected chi connectivity index (χ4v) is 2.70. The summed E-state index contributed by atoms with van der Waals surface area (Å²) in [5.74, 6) is 0. The van der Waals surface area contributed by atoms with Crippen LogP contribution in [-0.2, 0) is 0 Å². The Morgan fingerprint density at radius 3 is 1.44 bits per heavy atom. The Balaban J connectivity index is 2.44. The minimum absolute atomic E-state index is 1.12. The van der Waals surface area contributed by atoms with Crippen LogP contribution >= 0.6 is 31.9 Å². The summed E-state index contributed by atoms with van der Waals surface area (Å²) in [6, 6.07) is 17.2. The summed E-state index contributed by atoms with van der Waals surface area (Å²) < 4.78 is 2.24. The molecule has 0 aliphatic rings. The van der Waals surface area contributed by atoms with Crippen molar-refractivity contribution >= 4 is 53.4 Å². The Hall–Kier alpha value is -0.860. The highest BCUT2D eigenvalue weighted by Gasteiger charge is 1.99. The molecule has 0 fully saturated rings. The third-order valence-corrected chi connectivity index (χ3v) is 3.71. The summed E-state index contributed by atoms with van der Waals surface area (Å²) in [5.41, 5.74) is 0. The molecule has 0 spiro atoms. The van der Waals surface area contributed by atoms with Gasteiger partial charge in [0.2, 0.25) is 0 Å². The number of rotatable bonds is 0. The van der Waals surface area contributed by atoms with Crippen LogP contribution in [0.15, 0.2) is 57.5 Å². The van der Waals surface area contributed by atoms with Crippen molar-refractivity contribution in [1.82, 2.24) is 0 Å². The van der Waals surface area contributed by atoms with Crippen LogP contribution in [0, 0.1) is 0 Å². The molecule has 78 valence electrons. The Morgan fingerprint density at radius 1 is 0.500 bits per heavy atom. The predicted molar refractivity (Wildman–Crippen MR) is 76.9 cm³/mol. The largest absolute Gasteiger partial charge is 0.0532 e. The van der Waals surface area contributed by atoms with Crippen molar-refractivity contribution in [2.75, 3.05) is 0 Å². The minimum Gasteiger partial charge on any atom is -0.0532 e. The molecule has 0 radical (unpaired) electrons. The molecule has 0 amide bonds. The van der Waals surface area contributed by atoms with Crippen molar-refractivity contribution in [3.63, 3.8) is 0 Å². The first-order chi connectivity index (χ1) is 7.72. The van der Waals surface area contributed by atoms with Crippen molar-refractivity contribution in [1.29, 1.82) is 0 Å². The molecule has 0 bridgehead atoms. The quantitative estimate of drug-likeness (QED) is 0.474. The van der Waals surface area contributed by atoms with Crippen molar-refractivity contribution in [3.8, 4) is 0 Å². The molecule has 0 aliphatic carbocycles. The third-order valence-electron chi connectivity index (χ3n) is 2.72. The van der Waals surface area contributed by atoms with E-state index in [9.17, 15) is 0 Å². The van der Waals surface area contributed by atoms with Gasteiger partial charge in [-0.25, -0.2) is 0 Å². The van der Waals surface area contributed by atoms with Gasteiger partial charge in [-0.3, -0.25) is 0 Å². The molecular formula is C14H8Br2. The first-order valence-corrected chi connectivity index (χ1v) is 6.59. The lowest BCUT2D eigenvalue weighted by Gasteiger charge is -2.03. The summed E-state index contributed by atoms with van der Waals surface area (Å²) in [5, 5.41) is 5.08. The number of benzene rings is 3. The average molecular weight is 336 g/mol. The van der Waals surface area contributed by atoms with E-state index in [-0.39, 0.29) is 0 Å². The normalized spacial score (nSPS) is 11.1. The average Bonchev–Trinajstić information content (AvgIpc) is 2.26. The highest BCUT2D eigenvalue weighted by molar-refractivity contribution is 9.10. The second kappa shape index (κ2) is 3.86. The maximum absolute atomic E-state index is 3.50. The summed E-state index contributed by atoms with van der Waals surface area (Å²) in [7, 11) is 0. The van der Waals surface area contributed by atoms with E-state index in [4.69, 9.17) is 0 Å². The van der Waals surface area contributed by atoms with Crippen LogP contribution in [0.1, 0.15) is 0 Å².